The summed E-state index contributed by atoms with van der Waals surface area (Å²) in [4.78, 5) is 17.7. The molecule has 3 nitrogen and oxygen atoms in total. The molecule has 0 spiro atoms. The van der Waals surface area contributed by atoms with E-state index in [1.54, 1.807) is 29.4 Å². The van der Waals surface area contributed by atoms with Gasteiger partial charge in [0.25, 0.3) is 5.91 Å². The lowest BCUT2D eigenvalue weighted by atomic mass is 9.84. The molecular weight excluding hydrogens is 224 g/mol. The van der Waals surface area contributed by atoms with Crippen molar-refractivity contribution in [3.63, 3.8) is 0 Å². The van der Waals surface area contributed by atoms with Crippen molar-refractivity contribution in [1.29, 1.82) is 0 Å². The first-order chi connectivity index (χ1) is 7.66. The topological polar surface area (TPSA) is 33.2 Å². The predicted octanol–water partition coefficient (Wildman–Crippen LogP) is 2.17. The molecule has 16 heavy (non-hydrogen) atoms. The minimum atomic E-state index is 0.0334. The largest absolute Gasteiger partial charge is 0.341 e. The Hall–Kier alpha value is -1.09. The maximum Gasteiger partial charge on any atom is 0.255 e. The third kappa shape index (κ3) is 2.53. The zero-order chi connectivity index (χ0) is 11.5. The highest BCUT2D eigenvalue weighted by Gasteiger charge is 2.29. The number of halogens is 1. The first-order valence-electron chi connectivity index (χ1n) is 5.46. The van der Waals surface area contributed by atoms with Gasteiger partial charge in [-0.2, -0.15) is 0 Å². The van der Waals surface area contributed by atoms with E-state index in [2.05, 4.69) is 4.98 Å². The number of carbonyl (C=O) groups is 1. The van der Waals surface area contributed by atoms with E-state index in [0.717, 1.165) is 19.4 Å². The molecule has 1 aliphatic rings. The third-order valence-electron chi connectivity index (χ3n) is 2.97. The van der Waals surface area contributed by atoms with Crippen molar-refractivity contribution in [3.8, 4) is 0 Å². The second-order valence-electron chi connectivity index (χ2n) is 4.36. The maximum atomic E-state index is 12.0. The van der Waals surface area contributed by atoms with Crippen LogP contribution in [0.4, 0.5) is 0 Å². The lowest BCUT2D eigenvalue weighted by Gasteiger charge is -2.34. The maximum absolute atomic E-state index is 12.0. The summed E-state index contributed by atoms with van der Waals surface area (Å²) < 4.78 is 0. The third-order valence-corrected chi connectivity index (χ3v) is 3.32. The van der Waals surface area contributed by atoms with Crippen molar-refractivity contribution in [2.24, 2.45) is 5.92 Å². The molecule has 1 fully saturated rings. The van der Waals surface area contributed by atoms with Crippen LogP contribution in [0.15, 0.2) is 24.5 Å². The molecule has 0 aromatic carbocycles. The van der Waals surface area contributed by atoms with Gasteiger partial charge in [-0.25, -0.2) is 0 Å². The first-order valence-corrected chi connectivity index (χ1v) is 5.90. The van der Waals surface area contributed by atoms with Crippen molar-refractivity contribution in [2.75, 3.05) is 13.6 Å². The molecule has 0 radical (unpaired) electrons. The number of carbonyl (C=O) groups excluding carboxylic acids is 1. The van der Waals surface area contributed by atoms with Gasteiger partial charge in [0, 0.05) is 31.4 Å². The molecule has 1 saturated carbocycles. The van der Waals surface area contributed by atoms with Gasteiger partial charge < -0.3 is 4.90 Å². The zero-order valence-electron chi connectivity index (χ0n) is 9.27. The molecular formula is C12H15ClN2O. The Bertz CT molecular complexity index is 363. The van der Waals surface area contributed by atoms with Gasteiger partial charge in [-0.3, -0.25) is 9.78 Å². The molecule has 2 rings (SSSR count). The molecule has 1 aromatic heterocycles. The van der Waals surface area contributed by atoms with Gasteiger partial charge in [-0.1, -0.05) is 0 Å². The lowest BCUT2D eigenvalue weighted by Crippen LogP contribution is -2.37. The molecule has 1 amide bonds. The van der Waals surface area contributed by atoms with Crippen LogP contribution in [0.5, 0.6) is 0 Å². The van der Waals surface area contributed by atoms with E-state index in [-0.39, 0.29) is 5.91 Å². The molecule has 0 aliphatic heterocycles. The van der Waals surface area contributed by atoms with Crippen molar-refractivity contribution in [1.82, 2.24) is 9.88 Å². The number of rotatable bonds is 3. The van der Waals surface area contributed by atoms with Crippen LogP contribution in [0.3, 0.4) is 0 Å². The molecule has 1 aromatic rings. The summed E-state index contributed by atoms with van der Waals surface area (Å²) in [5, 5.41) is 0.312. The van der Waals surface area contributed by atoms with E-state index < -0.39 is 0 Å². The van der Waals surface area contributed by atoms with Gasteiger partial charge in [-0.05, 0) is 30.9 Å². The zero-order valence-corrected chi connectivity index (χ0v) is 10.0. The Labute approximate surface area is 100 Å². The summed E-state index contributed by atoms with van der Waals surface area (Å²) in [5.41, 5.74) is 0.645. The van der Waals surface area contributed by atoms with Crippen LogP contribution in [0.25, 0.3) is 0 Å². The van der Waals surface area contributed by atoms with Crippen molar-refractivity contribution in [3.05, 3.63) is 30.1 Å². The lowest BCUT2D eigenvalue weighted by molar-refractivity contribution is 0.0746. The van der Waals surface area contributed by atoms with E-state index in [4.69, 9.17) is 11.6 Å². The second kappa shape index (κ2) is 4.83. The molecule has 1 heterocycles. The number of hydrogen-bond acceptors (Lipinski definition) is 2. The van der Waals surface area contributed by atoms with Gasteiger partial charge in [0.1, 0.15) is 0 Å². The molecule has 0 bridgehead atoms. The van der Waals surface area contributed by atoms with Crippen molar-refractivity contribution in [2.45, 2.75) is 18.2 Å². The Kier molecular flexibility index (Phi) is 3.44. The van der Waals surface area contributed by atoms with Crippen molar-refractivity contribution >= 4 is 17.5 Å². The van der Waals surface area contributed by atoms with Gasteiger partial charge in [-0.15, -0.1) is 11.6 Å². The highest BCUT2D eigenvalue weighted by molar-refractivity contribution is 6.21. The molecule has 0 N–H and O–H groups in total. The number of aromatic nitrogens is 1. The highest BCUT2D eigenvalue weighted by atomic mass is 35.5. The Balaban J connectivity index is 1.90. The molecule has 0 saturated heterocycles. The summed E-state index contributed by atoms with van der Waals surface area (Å²) in [6, 6.07) is 3.57. The molecule has 1 aliphatic carbocycles. The smallest absolute Gasteiger partial charge is 0.255 e. The average molecular weight is 239 g/mol. The molecule has 86 valence electrons. The van der Waals surface area contributed by atoms with E-state index in [0.29, 0.717) is 16.9 Å². The van der Waals surface area contributed by atoms with Crippen molar-refractivity contribution < 1.29 is 4.79 Å². The van der Waals surface area contributed by atoms with Gasteiger partial charge in [0.15, 0.2) is 0 Å². The first kappa shape index (κ1) is 11.4. The minimum absolute atomic E-state index is 0.0334. The second-order valence-corrected chi connectivity index (χ2v) is 4.98. The van der Waals surface area contributed by atoms with Crippen LogP contribution in [0.1, 0.15) is 23.2 Å². The number of hydrogen-bond donors (Lipinski definition) is 0. The number of pyridine rings is 1. The van der Waals surface area contributed by atoms with E-state index >= 15 is 0 Å². The number of alkyl halides is 1. The Morgan fingerprint density at radius 2 is 2.38 bits per heavy atom. The minimum Gasteiger partial charge on any atom is -0.341 e. The van der Waals surface area contributed by atoms with Gasteiger partial charge >= 0.3 is 0 Å². The average Bonchev–Trinajstić information content (AvgIpc) is 2.27. The summed E-state index contributed by atoms with van der Waals surface area (Å²) in [6.07, 6.45) is 5.31. The van der Waals surface area contributed by atoms with Gasteiger partial charge in [0.2, 0.25) is 0 Å². The monoisotopic (exact) mass is 238 g/mol. The quantitative estimate of drug-likeness (QED) is 0.757. The van der Waals surface area contributed by atoms with E-state index in [9.17, 15) is 4.79 Å². The molecule has 0 unspecified atom stereocenters. The van der Waals surface area contributed by atoms with E-state index in [1.807, 2.05) is 7.05 Å². The fourth-order valence-corrected chi connectivity index (χ4v) is 2.49. The van der Waals surface area contributed by atoms with Crippen LogP contribution in [0, 0.1) is 5.92 Å². The van der Waals surface area contributed by atoms with Crippen LogP contribution in [-0.2, 0) is 0 Å². The predicted molar refractivity (Wildman–Crippen MR) is 63.6 cm³/mol. The van der Waals surface area contributed by atoms with Crippen LogP contribution < -0.4 is 0 Å². The normalized spacial score (nSPS) is 23.6. The fourth-order valence-electron chi connectivity index (χ4n) is 1.98. The summed E-state index contributed by atoms with van der Waals surface area (Å²) >= 11 is 5.91. The van der Waals surface area contributed by atoms with Gasteiger partial charge in [0.05, 0.1) is 5.56 Å². The van der Waals surface area contributed by atoms with Crippen LogP contribution in [0.2, 0.25) is 0 Å². The van der Waals surface area contributed by atoms with Crippen LogP contribution >= 0.6 is 11.6 Å². The number of nitrogens with zero attached hydrogens (tertiary/aromatic N) is 2. The molecule has 4 heteroatoms. The standard InChI is InChI=1S/C12H15ClN2O/c1-15(8-9-5-11(13)6-9)12(16)10-3-2-4-14-7-10/h2-4,7,9,11H,5-6,8H2,1H3. The van der Waals surface area contributed by atoms with E-state index in [1.165, 1.54) is 0 Å². The SMILES string of the molecule is CN(CC1CC(Cl)C1)C(=O)c1cccnc1. The Morgan fingerprint density at radius 1 is 1.62 bits per heavy atom. The Morgan fingerprint density at radius 3 is 2.94 bits per heavy atom. The summed E-state index contributed by atoms with van der Waals surface area (Å²) in [6.45, 7) is 0.789. The highest BCUT2D eigenvalue weighted by Crippen LogP contribution is 2.32. The number of amides is 1. The molecule has 0 atom stereocenters. The summed E-state index contributed by atoms with van der Waals surface area (Å²) in [7, 11) is 1.83. The fraction of sp³-hybridized carbons (Fsp3) is 0.500. The summed E-state index contributed by atoms with van der Waals surface area (Å²) in [5.74, 6) is 0.597. The van der Waals surface area contributed by atoms with Crippen LogP contribution in [-0.4, -0.2) is 34.8 Å².